The fourth-order valence-electron chi connectivity index (χ4n) is 2.06. The molecular weight excluding hydrogens is 218 g/mol. The number of anilines is 1. The lowest BCUT2D eigenvalue weighted by Gasteiger charge is -2.20. The zero-order valence-electron chi connectivity index (χ0n) is 10.2. The number of aromatic nitrogens is 1. The Balaban J connectivity index is 1.57. The van der Waals surface area contributed by atoms with Crippen LogP contribution in [0.1, 0.15) is 25.0 Å². The van der Waals surface area contributed by atoms with Crippen LogP contribution in [0.4, 0.5) is 6.01 Å². The average molecular weight is 237 g/mol. The molecule has 5 heteroatoms. The van der Waals surface area contributed by atoms with Crippen LogP contribution >= 0.6 is 0 Å². The summed E-state index contributed by atoms with van der Waals surface area (Å²) in [5.74, 6) is 0. The second-order valence-electron chi connectivity index (χ2n) is 4.90. The van der Waals surface area contributed by atoms with Gasteiger partial charge in [-0.1, -0.05) is 0 Å². The fourth-order valence-corrected chi connectivity index (χ4v) is 2.06. The SMILES string of the molecule is CN(c1nc(CNC2CC2)co1)C1CCOC1. The highest BCUT2D eigenvalue weighted by atomic mass is 16.5. The molecule has 1 aromatic rings. The van der Waals surface area contributed by atoms with Crippen LogP contribution in [0.15, 0.2) is 10.7 Å². The van der Waals surface area contributed by atoms with Crippen LogP contribution in [0.25, 0.3) is 0 Å². The maximum Gasteiger partial charge on any atom is 0.297 e. The third-order valence-electron chi connectivity index (χ3n) is 3.44. The van der Waals surface area contributed by atoms with Gasteiger partial charge in [-0.2, -0.15) is 4.98 Å². The van der Waals surface area contributed by atoms with Crippen LogP contribution in [-0.2, 0) is 11.3 Å². The summed E-state index contributed by atoms with van der Waals surface area (Å²) in [4.78, 5) is 6.57. The Bertz CT molecular complexity index is 370. The van der Waals surface area contributed by atoms with Gasteiger partial charge in [-0.3, -0.25) is 0 Å². The Labute approximate surface area is 101 Å². The van der Waals surface area contributed by atoms with E-state index in [0.29, 0.717) is 18.1 Å². The zero-order chi connectivity index (χ0) is 11.7. The lowest BCUT2D eigenvalue weighted by Crippen LogP contribution is -2.32. The third kappa shape index (κ3) is 2.61. The first-order valence-electron chi connectivity index (χ1n) is 6.31. The molecule has 0 radical (unpaired) electrons. The van der Waals surface area contributed by atoms with Gasteiger partial charge in [-0.25, -0.2) is 0 Å². The van der Waals surface area contributed by atoms with E-state index in [2.05, 4.69) is 15.2 Å². The summed E-state index contributed by atoms with van der Waals surface area (Å²) >= 11 is 0. The molecule has 1 aliphatic heterocycles. The number of likely N-dealkylation sites (N-methyl/N-ethyl adjacent to an activating group) is 1. The summed E-state index contributed by atoms with van der Waals surface area (Å²) in [6.45, 7) is 2.42. The van der Waals surface area contributed by atoms with E-state index >= 15 is 0 Å². The molecule has 1 atom stereocenters. The van der Waals surface area contributed by atoms with Crippen LogP contribution < -0.4 is 10.2 Å². The summed E-state index contributed by atoms with van der Waals surface area (Å²) in [5.41, 5.74) is 0.984. The highest BCUT2D eigenvalue weighted by Gasteiger charge is 2.24. The number of nitrogens with zero attached hydrogens (tertiary/aromatic N) is 2. The molecule has 1 aromatic heterocycles. The van der Waals surface area contributed by atoms with Crippen molar-refractivity contribution in [3.63, 3.8) is 0 Å². The Morgan fingerprint density at radius 1 is 1.47 bits per heavy atom. The van der Waals surface area contributed by atoms with E-state index in [0.717, 1.165) is 31.9 Å². The number of ether oxygens (including phenoxy) is 1. The van der Waals surface area contributed by atoms with E-state index < -0.39 is 0 Å². The molecule has 1 N–H and O–H groups in total. The molecular formula is C12H19N3O2. The fraction of sp³-hybridized carbons (Fsp3) is 0.750. The van der Waals surface area contributed by atoms with E-state index in [4.69, 9.17) is 9.15 Å². The molecule has 1 saturated heterocycles. The lowest BCUT2D eigenvalue weighted by molar-refractivity contribution is 0.193. The van der Waals surface area contributed by atoms with Crippen molar-refractivity contribution in [3.05, 3.63) is 12.0 Å². The molecule has 0 spiro atoms. The number of rotatable bonds is 5. The van der Waals surface area contributed by atoms with Crippen molar-refractivity contribution >= 4 is 6.01 Å². The lowest BCUT2D eigenvalue weighted by atomic mass is 10.2. The Hall–Kier alpha value is -1.07. The number of oxazole rings is 1. The highest BCUT2D eigenvalue weighted by Crippen LogP contribution is 2.21. The topological polar surface area (TPSA) is 50.5 Å². The van der Waals surface area contributed by atoms with Crippen molar-refractivity contribution in [3.8, 4) is 0 Å². The van der Waals surface area contributed by atoms with Crippen LogP contribution in [-0.4, -0.2) is 37.3 Å². The molecule has 0 amide bonds. The maximum absolute atomic E-state index is 5.51. The largest absolute Gasteiger partial charge is 0.432 e. The predicted molar refractivity (Wildman–Crippen MR) is 64.0 cm³/mol. The third-order valence-corrected chi connectivity index (χ3v) is 3.44. The Morgan fingerprint density at radius 3 is 3.06 bits per heavy atom. The molecule has 0 aromatic carbocycles. The van der Waals surface area contributed by atoms with Crippen molar-refractivity contribution in [1.82, 2.24) is 10.3 Å². The van der Waals surface area contributed by atoms with Gasteiger partial charge in [-0.15, -0.1) is 0 Å². The van der Waals surface area contributed by atoms with E-state index in [1.54, 1.807) is 6.26 Å². The van der Waals surface area contributed by atoms with Gasteiger partial charge >= 0.3 is 0 Å². The molecule has 1 unspecified atom stereocenters. The second-order valence-corrected chi connectivity index (χ2v) is 4.90. The molecule has 94 valence electrons. The van der Waals surface area contributed by atoms with E-state index in [1.807, 2.05) is 7.05 Å². The Morgan fingerprint density at radius 2 is 2.35 bits per heavy atom. The molecule has 2 fully saturated rings. The van der Waals surface area contributed by atoms with Gasteiger partial charge in [0.05, 0.1) is 18.3 Å². The minimum Gasteiger partial charge on any atom is -0.432 e. The normalized spacial score (nSPS) is 24.2. The molecule has 2 aliphatic rings. The standard InChI is InChI=1S/C12H19N3O2/c1-15(11-4-5-16-8-11)12-14-10(7-17-12)6-13-9-2-3-9/h7,9,11,13H,2-6,8H2,1H3. The van der Waals surface area contributed by atoms with Crippen molar-refractivity contribution in [2.45, 2.75) is 37.9 Å². The van der Waals surface area contributed by atoms with Crippen molar-refractivity contribution in [2.24, 2.45) is 0 Å². The minimum absolute atomic E-state index is 0.401. The quantitative estimate of drug-likeness (QED) is 0.832. The first-order valence-corrected chi connectivity index (χ1v) is 6.31. The minimum atomic E-state index is 0.401. The number of hydrogen-bond donors (Lipinski definition) is 1. The van der Waals surface area contributed by atoms with Crippen molar-refractivity contribution < 1.29 is 9.15 Å². The van der Waals surface area contributed by atoms with Gasteiger partial charge in [0.1, 0.15) is 6.26 Å². The van der Waals surface area contributed by atoms with Crippen molar-refractivity contribution in [2.75, 3.05) is 25.2 Å². The molecule has 1 aliphatic carbocycles. The molecule has 2 heterocycles. The van der Waals surface area contributed by atoms with E-state index in [1.165, 1.54) is 12.8 Å². The van der Waals surface area contributed by atoms with Gasteiger partial charge in [0.2, 0.25) is 0 Å². The Kier molecular flexibility index (Phi) is 3.03. The highest BCUT2D eigenvalue weighted by molar-refractivity contribution is 5.28. The molecule has 17 heavy (non-hydrogen) atoms. The summed E-state index contributed by atoms with van der Waals surface area (Å²) in [5, 5.41) is 3.43. The molecule has 5 nitrogen and oxygen atoms in total. The van der Waals surface area contributed by atoms with Gasteiger partial charge in [0.15, 0.2) is 0 Å². The van der Waals surface area contributed by atoms with Crippen LogP contribution in [0.5, 0.6) is 0 Å². The summed E-state index contributed by atoms with van der Waals surface area (Å²) in [6, 6.07) is 1.81. The summed E-state index contributed by atoms with van der Waals surface area (Å²) < 4.78 is 10.9. The summed E-state index contributed by atoms with van der Waals surface area (Å²) in [6.07, 6.45) is 5.39. The maximum atomic E-state index is 5.51. The monoisotopic (exact) mass is 237 g/mol. The smallest absolute Gasteiger partial charge is 0.297 e. The number of hydrogen-bond acceptors (Lipinski definition) is 5. The second kappa shape index (κ2) is 4.66. The molecule has 0 bridgehead atoms. The van der Waals surface area contributed by atoms with Gasteiger partial charge < -0.3 is 19.4 Å². The van der Waals surface area contributed by atoms with Crippen LogP contribution in [0.3, 0.4) is 0 Å². The van der Waals surface area contributed by atoms with Gasteiger partial charge in [0, 0.05) is 26.2 Å². The van der Waals surface area contributed by atoms with Crippen molar-refractivity contribution in [1.29, 1.82) is 0 Å². The predicted octanol–water partition coefficient (Wildman–Crippen LogP) is 1.15. The number of nitrogens with one attached hydrogen (secondary N) is 1. The average Bonchev–Trinajstić information content (AvgIpc) is 2.86. The zero-order valence-corrected chi connectivity index (χ0v) is 10.2. The first kappa shape index (κ1) is 11.0. The first-order chi connectivity index (χ1) is 8.33. The van der Waals surface area contributed by atoms with Crippen LogP contribution in [0, 0.1) is 0 Å². The molecule has 1 saturated carbocycles. The van der Waals surface area contributed by atoms with Gasteiger partial charge in [0.25, 0.3) is 6.01 Å². The summed E-state index contributed by atoms with van der Waals surface area (Å²) in [7, 11) is 2.02. The van der Waals surface area contributed by atoms with E-state index in [9.17, 15) is 0 Å². The van der Waals surface area contributed by atoms with E-state index in [-0.39, 0.29) is 0 Å². The van der Waals surface area contributed by atoms with Gasteiger partial charge in [-0.05, 0) is 19.3 Å². The molecule has 3 rings (SSSR count). The van der Waals surface area contributed by atoms with Crippen LogP contribution in [0.2, 0.25) is 0 Å².